The van der Waals surface area contributed by atoms with Crippen LogP contribution in [0.5, 0.6) is 0 Å². The van der Waals surface area contributed by atoms with Crippen LogP contribution in [-0.2, 0) is 16.0 Å². The maximum atomic E-state index is 14.8. The molecule has 1 amide bonds. The zero-order valence-electron chi connectivity index (χ0n) is 18.1. The predicted molar refractivity (Wildman–Crippen MR) is 116 cm³/mol. The normalized spacial score (nSPS) is 26.4. The van der Waals surface area contributed by atoms with Crippen LogP contribution >= 0.6 is 0 Å². The van der Waals surface area contributed by atoms with Crippen molar-refractivity contribution in [2.24, 2.45) is 5.92 Å². The predicted octanol–water partition coefficient (Wildman–Crippen LogP) is 1.29. The molecule has 0 radical (unpaired) electrons. The number of nitriles is 1. The summed E-state index contributed by atoms with van der Waals surface area (Å²) in [5.41, 5.74) is 1.25. The number of hydrogen-bond donors (Lipinski definition) is 2. The highest BCUT2D eigenvalue weighted by Crippen LogP contribution is 2.35. The number of morpholine rings is 1. The summed E-state index contributed by atoms with van der Waals surface area (Å²) in [6.07, 6.45) is 3.37. The van der Waals surface area contributed by atoms with Crippen LogP contribution < -0.4 is 15.5 Å². The van der Waals surface area contributed by atoms with Gasteiger partial charge in [-0.2, -0.15) is 5.26 Å². The van der Waals surface area contributed by atoms with Crippen molar-refractivity contribution in [3.8, 4) is 6.07 Å². The van der Waals surface area contributed by atoms with Crippen LogP contribution in [0.25, 0.3) is 0 Å². The van der Waals surface area contributed by atoms with E-state index in [0.29, 0.717) is 17.5 Å². The molecule has 31 heavy (non-hydrogen) atoms. The van der Waals surface area contributed by atoms with E-state index in [1.54, 1.807) is 6.07 Å². The fourth-order valence-electron chi connectivity index (χ4n) is 4.95. The van der Waals surface area contributed by atoms with E-state index < -0.39 is 6.04 Å². The second-order valence-corrected chi connectivity index (χ2v) is 8.96. The van der Waals surface area contributed by atoms with E-state index in [4.69, 9.17) is 4.74 Å². The van der Waals surface area contributed by atoms with Gasteiger partial charge < -0.3 is 20.3 Å². The van der Waals surface area contributed by atoms with Crippen molar-refractivity contribution in [2.75, 3.05) is 51.3 Å². The smallest absolute Gasteiger partial charge is 0.238 e. The number of nitrogens with one attached hydrogen (secondary N) is 2. The second-order valence-electron chi connectivity index (χ2n) is 8.96. The van der Waals surface area contributed by atoms with Gasteiger partial charge in [0.2, 0.25) is 5.91 Å². The molecule has 3 unspecified atom stereocenters. The highest BCUT2D eigenvalue weighted by molar-refractivity contribution is 5.83. The van der Waals surface area contributed by atoms with Gasteiger partial charge in [-0.3, -0.25) is 9.69 Å². The third kappa shape index (κ3) is 5.35. The standard InChI is InChI=1S/C23H32FN5O2/c1-28(6-7-29-8-10-31-11-9-29)20-5-3-16(21(24)14-20)12-19(15-25)27-23(30)22-17-2-4-18(13-17)26-22/h3,5,14,17-19,22,26H,2,4,6-13H2,1H3,(H,27,30)/t17?,18?,19-,22?/m0/s1. The Morgan fingerprint density at radius 3 is 2.87 bits per heavy atom. The average Bonchev–Trinajstić information content (AvgIpc) is 3.42. The highest BCUT2D eigenvalue weighted by atomic mass is 19.1. The quantitative estimate of drug-likeness (QED) is 0.648. The van der Waals surface area contributed by atoms with Gasteiger partial charge in [-0.1, -0.05) is 6.07 Å². The number of rotatable bonds is 8. The van der Waals surface area contributed by atoms with Gasteiger partial charge in [0.1, 0.15) is 11.9 Å². The van der Waals surface area contributed by atoms with E-state index in [1.165, 1.54) is 6.07 Å². The molecule has 2 aliphatic heterocycles. The molecule has 7 nitrogen and oxygen atoms in total. The molecule has 1 aromatic rings. The SMILES string of the molecule is CN(CCN1CCOCC1)c1ccc(C[C@@H](C#N)NC(=O)C2NC3CCC2C3)c(F)c1. The van der Waals surface area contributed by atoms with Gasteiger partial charge in [0.15, 0.2) is 0 Å². The molecule has 1 saturated carbocycles. The van der Waals surface area contributed by atoms with E-state index in [1.807, 2.05) is 18.0 Å². The Morgan fingerprint density at radius 2 is 2.23 bits per heavy atom. The van der Waals surface area contributed by atoms with Crippen molar-refractivity contribution in [3.05, 3.63) is 29.6 Å². The molecule has 168 valence electrons. The summed E-state index contributed by atoms with van der Waals surface area (Å²) in [6.45, 7) is 5.10. The molecule has 3 aliphatic rings. The molecule has 1 aromatic carbocycles. The first-order chi connectivity index (χ1) is 15.0. The molecule has 0 aromatic heterocycles. The minimum atomic E-state index is -0.743. The van der Waals surface area contributed by atoms with E-state index in [0.717, 1.165) is 64.3 Å². The molecule has 1 aliphatic carbocycles. The minimum Gasteiger partial charge on any atom is -0.379 e. The number of carbonyl (C=O) groups is 1. The number of likely N-dealkylation sites (N-methyl/N-ethyl adjacent to an activating group) is 1. The van der Waals surface area contributed by atoms with Crippen LogP contribution in [0.1, 0.15) is 24.8 Å². The second kappa shape index (κ2) is 9.94. The van der Waals surface area contributed by atoms with Crippen molar-refractivity contribution in [2.45, 2.75) is 43.8 Å². The number of piperidine rings is 1. The Bertz CT molecular complexity index is 823. The van der Waals surface area contributed by atoms with Crippen molar-refractivity contribution in [1.29, 1.82) is 5.26 Å². The van der Waals surface area contributed by atoms with Gasteiger partial charge >= 0.3 is 0 Å². The lowest BCUT2D eigenvalue weighted by Crippen LogP contribution is -2.50. The Labute approximate surface area is 183 Å². The number of anilines is 1. The van der Waals surface area contributed by atoms with Crippen molar-refractivity contribution in [3.63, 3.8) is 0 Å². The van der Waals surface area contributed by atoms with Crippen LogP contribution in [0.2, 0.25) is 0 Å². The number of hydrogen-bond acceptors (Lipinski definition) is 6. The lowest BCUT2D eigenvalue weighted by molar-refractivity contribution is -0.124. The first-order valence-corrected chi connectivity index (χ1v) is 11.3. The third-order valence-corrected chi connectivity index (χ3v) is 6.87. The Balaban J connectivity index is 1.30. The van der Waals surface area contributed by atoms with Gasteiger partial charge in [-0.05, 0) is 42.9 Å². The molecule has 2 saturated heterocycles. The summed E-state index contributed by atoms with van der Waals surface area (Å²) in [7, 11) is 1.95. The summed E-state index contributed by atoms with van der Waals surface area (Å²) in [6, 6.07) is 6.70. The Kier molecular flexibility index (Phi) is 7.06. The fraction of sp³-hybridized carbons (Fsp3) is 0.652. The van der Waals surface area contributed by atoms with Crippen LogP contribution in [-0.4, -0.2) is 75.4 Å². The highest BCUT2D eigenvalue weighted by Gasteiger charge is 2.43. The zero-order chi connectivity index (χ0) is 21.8. The molecule has 2 heterocycles. The number of halogens is 1. The zero-order valence-corrected chi connectivity index (χ0v) is 18.1. The van der Waals surface area contributed by atoms with Crippen molar-refractivity contribution < 1.29 is 13.9 Å². The number of amides is 1. The average molecular weight is 430 g/mol. The molecule has 2 N–H and O–H groups in total. The largest absolute Gasteiger partial charge is 0.379 e. The molecule has 4 rings (SSSR count). The molecule has 8 heteroatoms. The maximum absolute atomic E-state index is 14.8. The van der Waals surface area contributed by atoms with E-state index in [-0.39, 0.29) is 24.2 Å². The lowest BCUT2D eigenvalue weighted by Gasteiger charge is -2.29. The monoisotopic (exact) mass is 429 g/mol. The molecular weight excluding hydrogens is 397 g/mol. The number of fused-ring (bicyclic) bond motifs is 2. The van der Waals surface area contributed by atoms with Gasteiger partial charge in [0.05, 0.1) is 25.3 Å². The van der Waals surface area contributed by atoms with Crippen LogP contribution in [0.4, 0.5) is 10.1 Å². The van der Waals surface area contributed by atoms with Crippen molar-refractivity contribution in [1.82, 2.24) is 15.5 Å². The topological polar surface area (TPSA) is 80.6 Å². The minimum absolute atomic E-state index is 0.140. The van der Waals surface area contributed by atoms with Crippen molar-refractivity contribution >= 4 is 11.6 Å². The summed E-state index contributed by atoms with van der Waals surface area (Å²) in [5, 5.41) is 15.7. The van der Waals surface area contributed by atoms with E-state index in [2.05, 4.69) is 21.6 Å². The third-order valence-electron chi connectivity index (χ3n) is 6.87. The Morgan fingerprint density at radius 1 is 1.42 bits per heavy atom. The van der Waals surface area contributed by atoms with E-state index >= 15 is 0 Å². The van der Waals surface area contributed by atoms with Gasteiger partial charge in [-0.15, -0.1) is 0 Å². The number of ether oxygens (including phenoxy) is 1. The lowest BCUT2D eigenvalue weighted by atomic mass is 9.98. The Hall–Kier alpha value is -2.21. The fourth-order valence-corrected chi connectivity index (χ4v) is 4.95. The van der Waals surface area contributed by atoms with Crippen LogP contribution in [0.15, 0.2) is 18.2 Å². The molecule has 0 spiro atoms. The first-order valence-electron chi connectivity index (χ1n) is 11.3. The molecule has 2 bridgehead atoms. The first kappa shape index (κ1) is 22.0. The summed E-state index contributed by atoms with van der Waals surface area (Å²) < 4.78 is 20.1. The molecule has 3 fully saturated rings. The summed E-state index contributed by atoms with van der Waals surface area (Å²) in [5.74, 6) is -0.129. The van der Waals surface area contributed by atoms with Gasteiger partial charge in [-0.25, -0.2) is 4.39 Å². The number of nitrogens with zero attached hydrogens (tertiary/aromatic N) is 3. The molecule has 4 atom stereocenters. The number of benzene rings is 1. The van der Waals surface area contributed by atoms with Gasteiger partial charge in [0.25, 0.3) is 0 Å². The molecular formula is C23H32FN5O2. The summed E-state index contributed by atoms with van der Waals surface area (Å²) >= 11 is 0. The summed E-state index contributed by atoms with van der Waals surface area (Å²) in [4.78, 5) is 17.0. The maximum Gasteiger partial charge on any atom is 0.238 e. The van der Waals surface area contributed by atoms with Gasteiger partial charge in [0, 0.05) is 51.4 Å². The van der Waals surface area contributed by atoms with Crippen LogP contribution in [0.3, 0.4) is 0 Å². The van der Waals surface area contributed by atoms with E-state index in [9.17, 15) is 14.4 Å². The number of carbonyl (C=O) groups excluding carboxylic acids is 1. The van der Waals surface area contributed by atoms with Crippen LogP contribution in [0, 0.1) is 23.1 Å².